The van der Waals surface area contributed by atoms with Gasteiger partial charge in [0.25, 0.3) is 0 Å². The van der Waals surface area contributed by atoms with Crippen LogP contribution in [-0.2, 0) is 9.31 Å². The molecule has 128 valence electrons. The van der Waals surface area contributed by atoms with Crippen molar-refractivity contribution in [3.05, 3.63) is 54.5 Å². The van der Waals surface area contributed by atoms with Gasteiger partial charge in [0, 0.05) is 11.8 Å². The van der Waals surface area contributed by atoms with Crippen molar-refractivity contribution in [2.75, 3.05) is 0 Å². The van der Waals surface area contributed by atoms with Gasteiger partial charge in [-0.3, -0.25) is 0 Å². The molecule has 0 N–H and O–H groups in total. The van der Waals surface area contributed by atoms with Crippen molar-refractivity contribution in [1.29, 1.82) is 0 Å². The van der Waals surface area contributed by atoms with Gasteiger partial charge in [0.1, 0.15) is 5.82 Å². The van der Waals surface area contributed by atoms with E-state index in [1.54, 1.807) is 16.6 Å². The first-order valence-corrected chi connectivity index (χ1v) is 8.36. The molecule has 1 fully saturated rings. The maximum atomic E-state index is 13.1. The van der Waals surface area contributed by atoms with Crippen LogP contribution in [0, 0.1) is 5.82 Å². The Balaban J connectivity index is 1.68. The molecule has 3 heterocycles. The Morgan fingerprint density at radius 1 is 0.960 bits per heavy atom. The van der Waals surface area contributed by atoms with Gasteiger partial charge in [0.2, 0.25) is 0 Å². The Morgan fingerprint density at radius 3 is 2.24 bits per heavy atom. The third kappa shape index (κ3) is 2.75. The molecule has 0 saturated carbocycles. The molecule has 1 aromatic carbocycles. The Morgan fingerprint density at radius 2 is 1.60 bits per heavy atom. The second kappa shape index (κ2) is 5.41. The van der Waals surface area contributed by atoms with Crippen molar-refractivity contribution in [3.8, 4) is 11.3 Å². The summed E-state index contributed by atoms with van der Waals surface area (Å²) in [7, 11) is -0.404. The summed E-state index contributed by atoms with van der Waals surface area (Å²) in [6, 6.07) is 12.3. The first-order valence-electron chi connectivity index (χ1n) is 8.36. The van der Waals surface area contributed by atoms with Gasteiger partial charge in [-0.1, -0.05) is 0 Å². The van der Waals surface area contributed by atoms with Crippen LogP contribution in [0.3, 0.4) is 0 Å². The summed E-state index contributed by atoms with van der Waals surface area (Å²) in [6.45, 7) is 8.15. The van der Waals surface area contributed by atoms with E-state index in [4.69, 9.17) is 9.31 Å². The molecule has 0 amide bonds. The average molecular weight is 338 g/mol. The Hall–Kier alpha value is -2.18. The highest BCUT2D eigenvalue weighted by atomic mass is 19.1. The molecule has 1 aliphatic heterocycles. The lowest BCUT2D eigenvalue weighted by Crippen LogP contribution is -2.41. The first-order chi connectivity index (χ1) is 11.7. The number of fused-ring (bicyclic) bond motifs is 1. The summed E-state index contributed by atoms with van der Waals surface area (Å²) < 4.78 is 27.1. The van der Waals surface area contributed by atoms with Crippen LogP contribution < -0.4 is 5.46 Å². The molecule has 3 aromatic rings. The fraction of sp³-hybridized carbons (Fsp3) is 0.316. The maximum absolute atomic E-state index is 13.1. The number of hydrogen-bond donors (Lipinski definition) is 0. The van der Waals surface area contributed by atoms with Crippen LogP contribution in [0.15, 0.2) is 48.7 Å². The summed E-state index contributed by atoms with van der Waals surface area (Å²) in [6.07, 6.45) is 1.89. The summed E-state index contributed by atoms with van der Waals surface area (Å²) in [4.78, 5) is 0. The molecule has 0 spiro atoms. The van der Waals surface area contributed by atoms with Crippen molar-refractivity contribution < 1.29 is 13.7 Å². The highest BCUT2D eigenvalue weighted by molar-refractivity contribution is 6.62. The Bertz CT molecular complexity index is 918. The third-order valence-corrected chi connectivity index (χ3v) is 5.15. The molecule has 2 aromatic heterocycles. The van der Waals surface area contributed by atoms with E-state index >= 15 is 0 Å². The largest absolute Gasteiger partial charge is 0.494 e. The number of rotatable bonds is 2. The van der Waals surface area contributed by atoms with Gasteiger partial charge >= 0.3 is 7.12 Å². The molecule has 4 rings (SSSR count). The fourth-order valence-electron chi connectivity index (χ4n) is 2.90. The van der Waals surface area contributed by atoms with E-state index in [0.29, 0.717) is 0 Å². The standard InChI is InChI=1S/C19H20BFN2O2/c1-18(2)19(3,4)25-20(24-18)14-9-10-23-16(11-14)12-17(22-23)13-5-7-15(21)8-6-13/h5-12H,1-4H3. The molecule has 0 bridgehead atoms. The summed E-state index contributed by atoms with van der Waals surface area (Å²) in [5.74, 6) is -0.254. The van der Waals surface area contributed by atoms with Crippen molar-refractivity contribution in [2.24, 2.45) is 0 Å². The van der Waals surface area contributed by atoms with E-state index in [1.165, 1.54) is 12.1 Å². The topological polar surface area (TPSA) is 35.8 Å². The highest BCUT2D eigenvalue weighted by Gasteiger charge is 2.51. The minimum absolute atomic E-state index is 0.254. The Kier molecular flexibility index (Phi) is 3.53. The van der Waals surface area contributed by atoms with Gasteiger partial charge in [0.15, 0.2) is 0 Å². The van der Waals surface area contributed by atoms with E-state index in [9.17, 15) is 4.39 Å². The average Bonchev–Trinajstić information content (AvgIpc) is 3.05. The van der Waals surface area contributed by atoms with Gasteiger partial charge in [-0.05, 0) is 75.6 Å². The van der Waals surface area contributed by atoms with Gasteiger partial charge in [-0.15, -0.1) is 0 Å². The number of halogens is 1. The zero-order valence-corrected chi connectivity index (χ0v) is 14.8. The molecule has 0 radical (unpaired) electrons. The zero-order valence-electron chi connectivity index (χ0n) is 14.8. The summed E-state index contributed by atoms with van der Waals surface area (Å²) in [5, 5.41) is 4.55. The predicted molar refractivity (Wildman–Crippen MR) is 96.3 cm³/mol. The molecule has 0 aliphatic carbocycles. The molecule has 6 heteroatoms. The van der Waals surface area contributed by atoms with Gasteiger partial charge in [0.05, 0.1) is 22.4 Å². The van der Waals surface area contributed by atoms with Crippen molar-refractivity contribution in [3.63, 3.8) is 0 Å². The number of pyridine rings is 1. The fourth-order valence-corrected chi connectivity index (χ4v) is 2.90. The number of benzene rings is 1. The zero-order chi connectivity index (χ0) is 17.8. The third-order valence-electron chi connectivity index (χ3n) is 5.15. The number of hydrogen-bond acceptors (Lipinski definition) is 3. The minimum atomic E-state index is -0.404. The van der Waals surface area contributed by atoms with Crippen LogP contribution >= 0.6 is 0 Å². The second-order valence-corrected chi connectivity index (χ2v) is 7.45. The smallest absolute Gasteiger partial charge is 0.399 e. The van der Waals surface area contributed by atoms with Crippen LogP contribution in [0.5, 0.6) is 0 Å². The molecular weight excluding hydrogens is 318 g/mol. The molecule has 4 nitrogen and oxygen atoms in total. The van der Waals surface area contributed by atoms with Crippen molar-refractivity contribution >= 4 is 18.1 Å². The molecule has 1 saturated heterocycles. The van der Waals surface area contributed by atoms with Crippen molar-refractivity contribution in [2.45, 2.75) is 38.9 Å². The lowest BCUT2D eigenvalue weighted by atomic mass is 9.79. The highest BCUT2D eigenvalue weighted by Crippen LogP contribution is 2.36. The number of aromatic nitrogens is 2. The van der Waals surface area contributed by atoms with Crippen LogP contribution in [0.2, 0.25) is 0 Å². The minimum Gasteiger partial charge on any atom is -0.399 e. The van der Waals surface area contributed by atoms with Crippen LogP contribution in [0.4, 0.5) is 4.39 Å². The number of nitrogens with zero attached hydrogens (tertiary/aromatic N) is 2. The van der Waals surface area contributed by atoms with Crippen molar-refractivity contribution in [1.82, 2.24) is 9.61 Å². The monoisotopic (exact) mass is 338 g/mol. The Labute approximate surface area is 146 Å². The van der Waals surface area contributed by atoms with E-state index in [-0.39, 0.29) is 17.0 Å². The molecule has 0 atom stereocenters. The van der Waals surface area contributed by atoms with E-state index in [1.807, 2.05) is 52.1 Å². The maximum Gasteiger partial charge on any atom is 0.494 e. The predicted octanol–water partition coefficient (Wildman–Crippen LogP) is 3.44. The molecule has 25 heavy (non-hydrogen) atoms. The van der Waals surface area contributed by atoms with Gasteiger partial charge in [-0.25, -0.2) is 8.91 Å². The first kappa shape index (κ1) is 16.3. The van der Waals surface area contributed by atoms with E-state index < -0.39 is 7.12 Å². The van der Waals surface area contributed by atoms with E-state index in [2.05, 4.69) is 5.10 Å². The van der Waals surface area contributed by atoms with Crippen LogP contribution in [0.25, 0.3) is 16.8 Å². The van der Waals surface area contributed by atoms with E-state index in [0.717, 1.165) is 22.2 Å². The second-order valence-electron chi connectivity index (χ2n) is 7.45. The van der Waals surface area contributed by atoms with Crippen LogP contribution in [0.1, 0.15) is 27.7 Å². The molecule has 1 aliphatic rings. The lowest BCUT2D eigenvalue weighted by molar-refractivity contribution is 0.00578. The molecule has 0 unspecified atom stereocenters. The normalized spacial score (nSPS) is 18.8. The van der Waals surface area contributed by atoms with Gasteiger partial charge < -0.3 is 9.31 Å². The van der Waals surface area contributed by atoms with Crippen LogP contribution in [-0.4, -0.2) is 27.9 Å². The summed E-state index contributed by atoms with van der Waals surface area (Å²) in [5.41, 5.74) is 2.82. The summed E-state index contributed by atoms with van der Waals surface area (Å²) >= 11 is 0. The molecular formula is C19H20BFN2O2. The lowest BCUT2D eigenvalue weighted by Gasteiger charge is -2.32. The SMILES string of the molecule is CC1(C)OB(c2ccn3nc(-c4ccc(F)cc4)cc3c2)OC1(C)C. The van der Waals surface area contributed by atoms with Gasteiger partial charge in [-0.2, -0.15) is 5.10 Å². The quantitative estimate of drug-likeness (QED) is 0.672.